The van der Waals surface area contributed by atoms with Crippen molar-refractivity contribution in [1.82, 2.24) is 0 Å². The molecule has 1 aromatic heterocycles. The summed E-state index contributed by atoms with van der Waals surface area (Å²) in [5, 5.41) is 2.57. The number of para-hydroxylation sites is 1. The highest BCUT2D eigenvalue weighted by atomic mass is 35.5. The van der Waals surface area contributed by atoms with E-state index in [-0.39, 0.29) is 29.7 Å². The van der Waals surface area contributed by atoms with Gasteiger partial charge in [0.05, 0.1) is 10.9 Å². The molecule has 3 heteroatoms. The van der Waals surface area contributed by atoms with Crippen molar-refractivity contribution < 1.29 is 10.2 Å². The van der Waals surface area contributed by atoms with Crippen LogP contribution in [0.1, 0.15) is 27.7 Å². The number of hydrogen-bond acceptors (Lipinski definition) is 2. The molecule has 0 unspecified atom stereocenters. The molecule has 10 rings (SSSR count). The van der Waals surface area contributed by atoms with Crippen LogP contribution in [0.3, 0.4) is 0 Å². The molecule has 0 radical (unpaired) electrons. The molecule has 1 spiro atoms. The maximum absolute atomic E-state index is 9.76. The van der Waals surface area contributed by atoms with Gasteiger partial charge in [-0.1, -0.05) is 133 Å². The predicted octanol–water partition coefficient (Wildman–Crippen LogP) is 12.5. The largest absolute Gasteiger partial charge is 0.456 e. The molecule has 0 fully saturated rings. The molecule has 216 valence electrons. The maximum Gasteiger partial charge on any atom is 0.140 e. The van der Waals surface area contributed by atoms with Crippen molar-refractivity contribution in [3.05, 3.63) is 179 Å². The Kier molecular flexibility index (Phi) is 4.70. The van der Waals surface area contributed by atoms with E-state index < -0.39 is 5.41 Å². The molecule has 0 N–H and O–H groups in total. The van der Waals surface area contributed by atoms with E-state index >= 15 is 0 Å². The first-order valence-electron chi connectivity index (χ1n) is 17.2. The zero-order valence-corrected chi connectivity index (χ0v) is 25.9. The van der Waals surface area contributed by atoms with Crippen molar-refractivity contribution in [3.8, 4) is 44.9 Å². The molecule has 0 amide bonds. The second-order valence-corrected chi connectivity index (χ2v) is 13.3. The van der Waals surface area contributed by atoms with Gasteiger partial charge in [-0.25, -0.2) is 0 Å². The summed E-state index contributed by atoms with van der Waals surface area (Å²) in [4.78, 5) is 0. The smallest absolute Gasteiger partial charge is 0.140 e. The van der Waals surface area contributed by atoms with Gasteiger partial charge in [-0.2, -0.15) is 0 Å². The summed E-state index contributed by atoms with van der Waals surface area (Å²) < 4.78 is 46.1. The van der Waals surface area contributed by atoms with Gasteiger partial charge < -0.3 is 4.74 Å². The van der Waals surface area contributed by atoms with Crippen LogP contribution in [-0.2, 0) is 5.41 Å². The minimum absolute atomic E-state index is 0.00541. The second-order valence-electron chi connectivity index (χ2n) is 11.8. The summed E-state index contributed by atoms with van der Waals surface area (Å²) in [6, 6.07) is 42.0. The van der Waals surface area contributed by atoms with E-state index in [2.05, 4.69) is 72.8 Å². The quantitative estimate of drug-likeness (QED) is 0.185. The van der Waals surface area contributed by atoms with Crippen LogP contribution in [0.25, 0.3) is 53.6 Å². The topological polar surface area (TPSA) is 9.23 Å². The fourth-order valence-corrected chi connectivity index (χ4v) is 9.10. The van der Waals surface area contributed by atoms with E-state index in [0.29, 0.717) is 33.2 Å². The Morgan fingerprint density at radius 1 is 0.587 bits per heavy atom. The van der Waals surface area contributed by atoms with Gasteiger partial charge in [0.15, 0.2) is 0 Å². The van der Waals surface area contributed by atoms with Crippen molar-refractivity contribution in [2.75, 3.05) is 0 Å². The van der Waals surface area contributed by atoms with E-state index in [9.17, 15) is 2.74 Å². The Morgan fingerprint density at radius 2 is 1.22 bits per heavy atom. The van der Waals surface area contributed by atoms with E-state index in [4.69, 9.17) is 19.1 Å². The normalized spacial score (nSPS) is 14.9. The molecule has 2 heterocycles. The van der Waals surface area contributed by atoms with E-state index in [1.54, 1.807) is 17.4 Å². The Labute approximate surface area is 281 Å². The van der Waals surface area contributed by atoms with Crippen LogP contribution in [-0.4, -0.2) is 0 Å². The fourth-order valence-electron chi connectivity index (χ4n) is 7.66. The Hall–Kier alpha value is -5.15. The first-order chi connectivity index (χ1) is 24.4. The molecule has 1 nitrogen and oxygen atoms in total. The van der Waals surface area contributed by atoms with Gasteiger partial charge in [-0.3, -0.25) is 0 Å². The van der Waals surface area contributed by atoms with Gasteiger partial charge in [0.1, 0.15) is 11.5 Å². The molecule has 1 aliphatic carbocycles. The molecule has 8 aromatic rings. The van der Waals surface area contributed by atoms with E-state index in [0.717, 1.165) is 53.6 Å². The molecule has 0 saturated carbocycles. The Bertz CT molecular complexity index is 2720. The number of rotatable bonds is 2. The standard InChI is InChI=1S/C43H25ClOS/c44-28-24-34(27-12-9-11-26(23-27)29-16-10-17-33-32-15-3-8-22-40(32)46-42(29)33)41-38(25-28)43(37-20-6-7-21-39(37)45-41)35-18-4-1-13-30(35)31-14-2-5-19-36(31)43/h1-25H/i9D,11D,12D,23D. The molecular formula is C43H25ClOS. The highest BCUT2D eigenvalue weighted by Gasteiger charge is 2.51. The molecule has 2 aliphatic rings. The van der Waals surface area contributed by atoms with Gasteiger partial charge in [0.25, 0.3) is 0 Å². The third-order valence-corrected chi connectivity index (χ3v) is 10.9. The van der Waals surface area contributed by atoms with Crippen LogP contribution in [0.2, 0.25) is 5.02 Å². The molecule has 0 atom stereocenters. The van der Waals surface area contributed by atoms with Crippen LogP contribution in [0.5, 0.6) is 11.5 Å². The third-order valence-electron chi connectivity index (χ3n) is 9.48. The highest BCUT2D eigenvalue weighted by molar-refractivity contribution is 7.26. The summed E-state index contributed by atoms with van der Waals surface area (Å²) in [5.74, 6) is 1.16. The molecule has 1 aliphatic heterocycles. The maximum atomic E-state index is 9.76. The monoisotopic (exact) mass is 628 g/mol. The highest BCUT2D eigenvalue weighted by Crippen LogP contribution is 2.63. The molecular weight excluding hydrogens is 600 g/mol. The summed E-state index contributed by atoms with van der Waals surface area (Å²) in [7, 11) is 0. The van der Waals surface area contributed by atoms with Crippen molar-refractivity contribution in [2.24, 2.45) is 0 Å². The van der Waals surface area contributed by atoms with E-state index in [1.165, 1.54) is 0 Å². The average Bonchev–Trinajstić information content (AvgIpc) is 3.66. The van der Waals surface area contributed by atoms with Gasteiger partial charge in [0.2, 0.25) is 0 Å². The molecule has 0 bridgehead atoms. The lowest BCUT2D eigenvalue weighted by Crippen LogP contribution is -2.32. The fraction of sp³-hybridized carbons (Fsp3) is 0.0233. The summed E-state index contributed by atoms with van der Waals surface area (Å²) in [6.07, 6.45) is 0. The zero-order valence-electron chi connectivity index (χ0n) is 28.3. The van der Waals surface area contributed by atoms with Gasteiger partial charge in [-0.05, 0) is 69.3 Å². The first-order valence-corrected chi connectivity index (χ1v) is 16.4. The number of hydrogen-bond donors (Lipinski definition) is 0. The molecule has 0 saturated heterocycles. The number of fused-ring (bicyclic) bond motifs is 12. The van der Waals surface area contributed by atoms with Crippen LogP contribution in [0.4, 0.5) is 0 Å². The van der Waals surface area contributed by atoms with Crippen molar-refractivity contribution >= 4 is 43.1 Å². The van der Waals surface area contributed by atoms with Crippen LogP contribution in [0.15, 0.2) is 152 Å². The number of benzene rings is 7. The van der Waals surface area contributed by atoms with Crippen LogP contribution < -0.4 is 4.74 Å². The Morgan fingerprint density at radius 3 is 2.02 bits per heavy atom. The van der Waals surface area contributed by atoms with E-state index in [1.807, 2.05) is 48.5 Å². The first kappa shape index (κ1) is 22.4. The number of thiophene rings is 1. The molecule has 46 heavy (non-hydrogen) atoms. The van der Waals surface area contributed by atoms with Crippen molar-refractivity contribution in [2.45, 2.75) is 5.41 Å². The third kappa shape index (κ3) is 3.46. The predicted molar refractivity (Wildman–Crippen MR) is 193 cm³/mol. The summed E-state index contributed by atoms with van der Waals surface area (Å²) in [5.41, 5.74) is 7.14. The van der Waals surface area contributed by atoms with Gasteiger partial charge in [0, 0.05) is 41.9 Å². The van der Waals surface area contributed by atoms with Gasteiger partial charge in [-0.15, -0.1) is 11.3 Å². The van der Waals surface area contributed by atoms with Gasteiger partial charge >= 0.3 is 0 Å². The van der Waals surface area contributed by atoms with Crippen molar-refractivity contribution in [1.29, 1.82) is 0 Å². The molecule has 7 aromatic carbocycles. The lowest BCUT2D eigenvalue weighted by molar-refractivity contribution is 0.438. The lowest BCUT2D eigenvalue weighted by atomic mass is 9.65. The zero-order chi connectivity index (χ0) is 33.9. The number of halogens is 1. The van der Waals surface area contributed by atoms with Crippen LogP contribution >= 0.6 is 22.9 Å². The second kappa shape index (κ2) is 9.67. The average molecular weight is 629 g/mol. The minimum atomic E-state index is -0.786. The summed E-state index contributed by atoms with van der Waals surface area (Å²) >= 11 is 8.68. The lowest BCUT2D eigenvalue weighted by Gasteiger charge is -2.40. The number of ether oxygens (including phenoxy) is 1. The van der Waals surface area contributed by atoms with Crippen LogP contribution in [0, 0.1) is 0 Å². The minimum Gasteiger partial charge on any atom is -0.456 e. The SMILES string of the molecule is [2H]c1c([2H])c(-c2cc(Cl)cc3c2Oc2ccccc2C32c3ccccc3-c3ccccc32)c([2H])c(-c2cccc3c2sc2ccccc23)c1[2H]. The Balaban J connectivity index is 1.31. The summed E-state index contributed by atoms with van der Waals surface area (Å²) in [6.45, 7) is 0. The van der Waals surface area contributed by atoms with Crippen molar-refractivity contribution in [3.63, 3.8) is 0 Å².